The van der Waals surface area contributed by atoms with Crippen LogP contribution >= 0.6 is 0 Å². The molecule has 8 nitrogen and oxygen atoms in total. The number of oxazole rings is 1. The number of aryl methyl sites for hydroxylation is 2. The molecule has 0 amide bonds. The Morgan fingerprint density at radius 1 is 1.33 bits per heavy atom. The van der Waals surface area contributed by atoms with Crippen LogP contribution in [0.1, 0.15) is 54.4 Å². The van der Waals surface area contributed by atoms with Crippen LogP contribution in [0.15, 0.2) is 62.5 Å². The zero-order valence-corrected chi connectivity index (χ0v) is 18.8. The highest BCUT2D eigenvalue weighted by Crippen LogP contribution is 2.44. The Kier molecular flexibility index (Phi) is 5.09. The lowest BCUT2D eigenvalue weighted by Gasteiger charge is -2.27. The van der Waals surface area contributed by atoms with Crippen LogP contribution in [-0.2, 0) is 5.60 Å². The number of nitrogens with zero attached hydrogens (tertiary/aromatic N) is 4. The molecule has 1 saturated carbocycles. The van der Waals surface area contributed by atoms with Gasteiger partial charge in [0.25, 0.3) is 0 Å². The maximum atomic E-state index is 12.2. The minimum absolute atomic E-state index is 0.157. The molecule has 0 bridgehead atoms. The third-order valence-electron chi connectivity index (χ3n) is 6.13. The van der Waals surface area contributed by atoms with E-state index >= 15 is 0 Å². The molecule has 0 spiro atoms. The first-order valence-electron chi connectivity index (χ1n) is 10.8. The van der Waals surface area contributed by atoms with E-state index in [9.17, 15) is 5.11 Å². The number of aromatic amines is 1. The summed E-state index contributed by atoms with van der Waals surface area (Å²) in [4.78, 5) is 16.4. The number of H-pyrrole nitrogens is 1. The number of aromatic nitrogens is 4. The third-order valence-corrected chi connectivity index (χ3v) is 6.13. The highest BCUT2D eigenvalue weighted by atomic mass is 16.5. The van der Waals surface area contributed by atoms with Crippen LogP contribution in [0.4, 0.5) is 0 Å². The van der Waals surface area contributed by atoms with Gasteiger partial charge in [0.15, 0.2) is 5.60 Å². The molecule has 1 aromatic carbocycles. The highest BCUT2D eigenvalue weighted by molar-refractivity contribution is 5.88. The Hall–Kier alpha value is -3.78. The number of allylic oxidation sites excluding steroid dienone is 2. The first-order valence-corrected chi connectivity index (χ1v) is 10.8. The minimum atomic E-state index is -1.67. The van der Waals surface area contributed by atoms with Crippen LogP contribution < -0.4 is 0 Å². The van der Waals surface area contributed by atoms with Crippen molar-refractivity contribution in [1.82, 2.24) is 20.1 Å². The number of rotatable bonds is 7. The fourth-order valence-electron chi connectivity index (χ4n) is 4.27. The van der Waals surface area contributed by atoms with Gasteiger partial charge in [-0.25, -0.2) is 9.97 Å². The van der Waals surface area contributed by atoms with Gasteiger partial charge in [-0.15, -0.1) is 0 Å². The Morgan fingerprint density at radius 3 is 2.79 bits per heavy atom. The van der Waals surface area contributed by atoms with Crippen LogP contribution in [0.25, 0.3) is 22.2 Å². The van der Waals surface area contributed by atoms with E-state index in [4.69, 9.17) is 13.9 Å². The van der Waals surface area contributed by atoms with Gasteiger partial charge in [-0.3, -0.25) is 4.99 Å². The second-order valence-electron chi connectivity index (χ2n) is 8.44. The minimum Gasteiger partial charge on any atom is -0.445 e. The Labute approximate surface area is 190 Å². The molecule has 2 N–H and O–H groups in total. The molecule has 3 aromatic heterocycles. The average molecular weight is 444 g/mol. The first kappa shape index (κ1) is 21.1. The Morgan fingerprint density at radius 2 is 2.15 bits per heavy atom. The molecule has 0 saturated heterocycles. The van der Waals surface area contributed by atoms with Gasteiger partial charge in [-0.05, 0) is 69.7 Å². The van der Waals surface area contributed by atoms with E-state index in [1.165, 1.54) is 12.5 Å². The normalized spacial score (nSPS) is 16.5. The molecular weight excluding hydrogens is 418 g/mol. The lowest BCUT2D eigenvalue weighted by Crippen LogP contribution is -2.30. The fourth-order valence-corrected chi connectivity index (χ4v) is 4.27. The summed E-state index contributed by atoms with van der Waals surface area (Å²) in [5.41, 5.74) is 3.50. The molecule has 1 aliphatic rings. The molecule has 8 heteroatoms. The maximum absolute atomic E-state index is 12.2. The zero-order valence-electron chi connectivity index (χ0n) is 18.8. The van der Waals surface area contributed by atoms with E-state index in [1.54, 1.807) is 18.4 Å². The van der Waals surface area contributed by atoms with Gasteiger partial charge in [0.05, 0.1) is 22.9 Å². The molecule has 4 aromatic rings. The predicted molar refractivity (Wildman–Crippen MR) is 125 cm³/mol. The number of aliphatic imine (C=N–C) groups is 1. The van der Waals surface area contributed by atoms with Crippen molar-refractivity contribution in [3.63, 3.8) is 0 Å². The molecule has 33 heavy (non-hydrogen) atoms. The van der Waals surface area contributed by atoms with Gasteiger partial charge >= 0.3 is 0 Å². The molecular formula is C25H25N5O3. The second kappa shape index (κ2) is 7.97. The number of nitrogens with one attached hydrogen (secondary N) is 1. The van der Waals surface area contributed by atoms with E-state index < -0.39 is 5.60 Å². The third kappa shape index (κ3) is 3.52. The Bertz CT molecular complexity index is 1370. The summed E-state index contributed by atoms with van der Waals surface area (Å²) >= 11 is 0. The maximum Gasteiger partial charge on any atom is 0.235 e. The quantitative estimate of drug-likeness (QED) is 0.304. The number of benzene rings is 1. The monoisotopic (exact) mass is 443 g/mol. The summed E-state index contributed by atoms with van der Waals surface area (Å²) in [5.74, 6) is 2.20. The van der Waals surface area contributed by atoms with Crippen LogP contribution in [0.3, 0.4) is 0 Å². The van der Waals surface area contributed by atoms with Gasteiger partial charge in [0.2, 0.25) is 5.89 Å². The molecule has 1 atom stereocenters. The van der Waals surface area contributed by atoms with Crippen LogP contribution in [0, 0.1) is 13.8 Å². The van der Waals surface area contributed by atoms with Gasteiger partial charge < -0.3 is 19.0 Å². The predicted octanol–water partition coefficient (Wildman–Crippen LogP) is 5.10. The van der Waals surface area contributed by atoms with E-state index in [0.717, 1.165) is 41.0 Å². The summed E-state index contributed by atoms with van der Waals surface area (Å²) < 4.78 is 11.1. The number of aliphatic hydroxyl groups is 1. The lowest BCUT2D eigenvalue weighted by molar-refractivity contribution is 0.0899. The second-order valence-corrected chi connectivity index (χ2v) is 8.44. The van der Waals surface area contributed by atoms with Crippen molar-refractivity contribution >= 4 is 17.8 Å². The number of imidazole rings is 1. The summed E-state index contributed by atoms with van der Waals surface area (Å²) in [6.07, 6.45) is 10.2. The van der Waals surface area contributed by atoms with Crippen molar-refractivity contribution in [2.24, 2.45) is 4.99 Å². The molecule has 1 fully saturated rings. The largest absolute Gasteiger partial charge is 0.445 e. The molecule has 0 aliphatic heterocycles. The summed E-state index contributed by atoms with van der Waals surface area (Å²) in [5, 5.41) is 16.3. The molecule has 0 radical (unpaired) electrons. The highest BCUT2D eigenvalue weighted by Gasteiger charge is 2.41. The van der Waals surface area contributed by atoms with Gasteiger partial charge in [0, 0.05) is 23.2 Å². The summed E-state index contributed by atoms with van der Waals surface area (Å²) in [6.45, 7) is 9.06. The first-order chi connectivity index (χ1) is 15.9. The number of hydrogen-bond acceptors (Lipinski definition) is 7. The van der Waals surface area contributed by atoms with E-state index in [2.05, 4.69) is 26.8 Å². The summed E-state index contributed by atoms with van der Waals surface area (Å²) in [6, 6.07) is 3.95. The number of fused-ring (bicyclic) bond motifs is 1. The zero-order chi connectivity index (χ0) is 23.2. The molecule has 168 valence electrons. The average Bonchev–Trinajstić information content (AvgIpc) is 3.19. The summed E-state index contributed by atoms with van der Waals surface area (Å²) in [7, 11) is 0. The van der Waals surface area contributed by atoms with Crippen molar-refractivity contribution in [2.45, 2.75) is 45.1 Å². The van der Waals surface area contributed by atoms with Crippen molar-refractivity contribution < 1.29 is 14.0 Å². The van der Waals surface area contributed by atoms with Gasteiger partial charge in [-0.1, -0.05) is 11.2 Å². The Balaban J connectivity index is 1.82. The topological polar surface area (TPSA) is 113 Å². The van der Waals surface area contributed by atoms with Crippen molar-refractivity contribution in [1.29, 1.82) is 0 Å². The SMILES string of the molecule is C=NC=CC=C(C)C(O)(c1ncco1)c1cc(-c2c(C)noc2C)cc2[nH]c(C3CC3)nc12. The molecule has 1 aliphatic carbocycles. The van der Waals surface area contributed by atoms with E-state index in [0.29, 0.717) is 28.3 Å². The van der Waals surface area contributed by atoms with Crippen LogP contribution in [0.2, 0.25) is 0 Å². The van der Waals surface area contributed by atoms with Crippen LogP contribution in [0.5, 0.6) is 0 Å². The fraction of sp³-hybridized carbons (Fsp3) is 0.280. The number of hydrogen-bond donors (Lipinski definition) is 2. The van der Waals surface area contributed by atoms with Crippen molar-refractivity contribution in [3.8, 4) is 11.1 Å². The van der Waals surface area contributed by atoms with Gasteiger partial charge in [0.1, 0.15) is 17.8 Å². The molecule has 1 unspecified atom stereocenters. The van der Waals surface area contributed by atoms with Crippen molar-refractivity contribution in [2.75, 3.05) is 0 Å². The van der Waals surface area contributed by atoms with E-state index in [1.807, 2.05) is 32.9 Å². The molecule has 3 heterocycles. The van der Waals surface area contributed by atoms with Crippen molar-refractivity contribution in [3.05, 3.63) is 77.3 Å². The smallest absolute Gasteiger partial charge is 0.235 e. The standard InChI is InChI=1S/C25H25N5O3/c1-14(6-5-9-26-4)25(31,24-27-10-11-32-24)19-12-18(21-15(2)30-33-16(21)3)13-20-22(19)29-23(28-20)17-7-8-17/h5-6,9-13,17,31H,4,7-8H2,1-3H3,(H,28,29). The lowest BCUT2D eigenvalue weighted by atomic mass is 9.83. The van der Waals surface area contributed by atoms with Crippen LogP contribution in [-0.4, -0.2) is 31.9 Å². The van der Waals surface area contributed by atoms with Gasteiger partial charge in [-0.2, -0.15) is 0 Å². The molecule has 5 rings (SSSR count). The van der Waals surface area contributed by atoms with E-state index in [-0.39, 0.29) is 5.89 Å².